The van der Waals surface area contributed by atoms with Crippen LogP contribution in [0.15, 0.2) is 28.9 Å². The zero-order valence-electron chi connectivity index (χ0n) is 10.5. The number of Topliss-reactive ketones (excluding diaryl/α,β-unsaturated/α-hetero) is 1. The third kappa shape index (κ3) is 2.64. The van der Waals surface area contributed by atoms with Gasteiger partial charge in [-0.25, -0.2) is 9.07 Å². The highest BCUT2D eigenvalue weighted by atomic mass is 79.9. The molecule has 1 aromatic carbocycles. The molecule has 1 aliphatic rings. The van der Waals surface area contributed by atoms with Crippen molar-refractivity contribution in [2.45, 2.75) is 12.5 Å². The van der Waals surface area contributed by atoms with Gasteiger partial charge in [-0.3, -0.25) is 4.79 Å². The predicted octanol–water partition coefficient (Wildman–Crippen LogP) is 1.75. The van der Waals surface area contributed by atoms with E-state index in [-0.39, 0.29) is 24.1 Å². The van der Waals surface area contributed by atoms with E-state index in [0.29, 0.717) is 10.2 Å². The van der Waals surface area contributed by atoms with Crippen molar-refractivity contribution in [2.75, 3.05) is 13.1 Å². The molecule has 0 saturated carbocycles. The summed E-state index contributed by atoms with van der Waals surface area (Å²) in [7, 11) is 0. The van der Waals surface area contributed by atoms with Crippen LogP contribution in [0.4, 0.5) is 4.39 Å². The first-order valence-corrected chi connectivity index (χ1v) is 7.02. The van der Waals surface area contributed by atoms with Gasteiger partial charge in [-0.2, -0.15) is 0 Å². The van der Waals surface area contributed by atoms with E-state index < -0.39 is 0 Å². The van der Waals surface area contributed by atoms with Crippen LogP contribution < -0.4 is 5.32 Å². The standard InChI is InChI=1S/C13H12BrFN4O/c14-10-3-8(1-2-11(10)15)4-13(20)12-7-19(18-17-12)9-5-16-6-9/h1-3,7,9,16H,4-6H2. The summed E-state index contributed by atoms with van der Waals surface area (Å²) in [6.45, 7) is 1.70. The maximum absolute atomic E-state index is 13.1. The second-order valence-corrected chi connectivity index (χ2v) is 5.60. The van der Waals surface area contributed by atoms with Crippen LogP contribution in [0.3, 0.4) is 0 Å². The van der Waals surface area contributed by atoms with Crippen LogP contribution in [0.1, 0.15) is 22.1 Å². The number of benzene rings is 1. The van der Waals surface area contributed by atoms with Gasteiger partial charge in [0.15, 0.2) is 5.78 Å². The zero-order chi connectivity index (χ0) is 14.1. The van der Waals surface area contributed by atoms with Gasteiger partial charge in [-0.05, 0) is 33.6 Å². The van der Waals surface area contributed by atoms with Gasteiger partial charge in [0.25, 0.3) is 0 Å². The molecule has 0 radical (unpaired) electrons. The number of hydrogen-bond donors (Lipinski definition) is 1. The Bertz CT molecular complexity index is 654. The van der Waals surface area contributed by atoms with E-state index in [4.69, 9.17) is 0 Å². The fourth-order valence-electron chi connectivity index (χ4n) is 1.97. The van der Waals surface area contributed by atoms with Gasteiger partial charge in [0.05, 0.1) is 16.7 Å². The molecule has 2 aromatic rings. The molecule has 2 heterocycles. The summed E-state index contributed by atoms with van der Waals surface area (Å²) in [5.41, 5.74) is 1.08. The Morgan fingerprint density at radius 1 is 1.50 bits per heavy atom. The average Bonchev–Trinajstić information content (AvgIpc) is 2.81. The molecule has 7 heteroatoms. The molecule has 0 unspecified atom stereocenters. The molecule has 1 N–H and O–H groups in total. The fraction of sp³-hybridized carbons (Fsp3) is 0.308. The minimum absolute atomic E-state index is 0.123. The summed E-state index contributed by atoms with van der Waals surface area (Å²) < 4.78 is 15.2. The van der Waals surface area contributed by atoms with Crippen LogP contribution >= 0.6 is 15.9 Å². The Hall–Kier alpha value is -1.60. The van der Waals surface area contributed by atoms with E-state index in [0.717, 1.165) is 18.7 Å². The molecule has 104 valence electrons. The number of rotatable bonds is 4. The molecular weight excluding hydrogens is 327 g/mol. The van der Waals surface area contributed by atoms with E-state index in [1.54, 1.807) is 23.0 Å². The van der Waals surface area contributed by atoms with Crippen LogP contribution in [0, 0.1) is 5.82 Å². The van der Waals surface area contributed by atoms with E-state index in [1.165, 1.54) is 6.07 Å². The summed E-state index contributed by atoms with van der Waals surface area (Å²) in [4.78, 5) is 12.1. The lowest BCUT2D eigenvalue weighted by Gasteiger charge is -2.26. The minimum atomic E-state index is -0.343. The largest absolute Gasteiger partial charge is 0.312 e. The van der Waals surface area contributed by atoms with Gasteiger partial charge in [0.2, 0.25) is 0 Å². The average molecular weight is 339 g/mol. The van der Waals surface area contributed by atoms with Crippen molar-refractivity contribution in [3.05, 3.63) is 45.9 Å². The lowest BCUT2D eigenvalue weighted by Crippen LogP contribution is -2.43. The molecule has 0 atom stereocenters. The molecule has 0 amide bonds. The first-order valence-electron chi connectivity index (χ1n) is 6.23. The van der Waals surface area contributed by atoms with Crippen LogP contribution in [-0.2, 0) is 6.42 Å². The molecule has 1 saturated heterocycles. The van der Waals surface area contributed by atoms with Crippen LogP contribution in [0.5, 0.6) is 0 Å². The number of aromatic nitrogens is 3. The first-order chi connectivity index (χ1) is 9.63. The maximum Gasteiger partial charge on any atom is 0.189 e. The second-order valence-electron chi connectivity index (χ2n) is 4.74. The van der Waals surface area contributed by atoms with Gasteiger partial charge in [-0.15, -0.1) is 5.10 Å². The molecule has 0 spiro atoms. The Kier molecular flexibility index (Phi) is 3.62. The molecular formula is C13H12BrFN4O. The Morgan fingerprint density at radius 3 is 2.95 bits per heavy atom. The molecule has 0 aliphatic carbocycles. The SMILES string of the molecule is O=C(Cc1ccc(F)c(Br)c1)c1cn(C2CNC2)nn1. The van der Waals surface area contributed by atoms with Gasteiger partial charge in [0, 0.05) is 19.5 Å². The normalized spacial score (nSPS) is 15.1. The quantitative estimate of drug-likeness (QED) is 0.863. The van der Waals surface area contributed by atoms with E-state index in [1.807, 2.05) is 0 Å². The number of halogens is 2. The van der Waals surface area contributed by atoms with Crippen LogP contribution in [0.2, 0.25) is 0 Å². The first kappa shape index (κ1) is 13.4. The minimum Gasteiger partial charge on any atom is -0.312 e. The zero-order valence-corrected chi connectivity index (χ0v) is 12.1. The van der Waals surface area contributed by atoms with E-state index in [9.17, 15) is 9.18 Å². The fourth-order valence-corrected chi connectivity index (χ4v) is 2.40. The third-order valence-electron chi connectivity index (χ3n) is 3.28. The van der Waals surface area contributed by atoms with Crippen molar-refractivity contribution in [3.63, 3.8) is 0 Å². The summed E-state index contributed by atoms with van der Waals surface area (Å²) in [5, 5.41) is 11.0. The third-order valence-corrected chi connectivity index (χ3v) is 3.89. The summed E-state index contributed by atoms with van der Waals surface area (Å²) in [5.74, 6) is -0.466. The number of hydrogen-bond acceptors (Lipinski definition) is 4. The number of nitrogens with one attached hydrogen (secondary N) is 1. The van der Waals surface area contributed by atoms with Crippen molar-refractivity contribution in [2.24, 2.45) is 0 Å². The summed E-state index contributed by atoms with van der Waals surface area (Å²) >= 11 is 3.11. The number of carbonyl (C=O) groups excluding carboxylic acids is 1. The Morgan fingerprint density at radius 2 is 2.30 bits per heavy atom. The van der Waals surface area contributed by atoms with E-state index >= 15 is 0 Å². The van der Waals surface area contributed by atoms with Gasteiger partial charge < -0.3 is 5.32 Å². The predicted molar refractivity (Wildman–Crippen MR) is 74.1 cm³/mol. The molecule has 1 aliphatic heterocycles. The monoisotopic (exact) mass is 338 g/mol. The number of ketones is 1. The summed E-state index contributed by atoms with van der Waals surface area (Å²) in [6.07, 6.45) is 1.85. The topological polar surface area (TPSA) is 59.8 Å². The highest BCUT2D eigenvalue weighted by Crippen LogP contribution is 2.18. The van der Waals surface area contributed by atoms with Crippen molar-refractivity contribution in [1.29, 1.82) is 0 Å². The molecule has 20 heavy (non-hydrogen) atoms. The van der Waals surface area contributed by atoms with Crippen molar-refractivity contribution >= 4 is 21.7 Å². The lowest BCUT2D eigenvalue weighted by atomic mass is 10.1. The molecule has 1 aromatic heterocycles. The lowest BCUT2D eigenvalue weighted by molar-refractivity contribution is 0.0988. The Labute approximate surface area is 123 Å². The number of carbonyl (C=O) groups is 1. The highest BCUT2D eigenvalue weighted by Gasteiger charge is 2.21. The van der Waals surface area contributed by atoms with Crippen molar-refractivity contribution in [3.8, 4) is 0 Å². The van der Waals surface area contributed by atoms with Gasteiger partial charge in [-0.1, -0.05) is 11.3 Å². The summed E-state index contributed by atoms with van der Waals surface area (Å²) in [6, 6.07) is 4.82. The molecule has 3 rings (SSSR count). The second kappa shape index (κ2) is 5.41. The van der Waals surface area contributed by atoms with Crippen LogP contribution in [0.25, 0.3) is 0 Å². The van der Waals surface area contributed by atoms with E-state index in [2.05, 4.69) is 31.6 Å². The van der Waals surface area contributed by atoms with Gasteiger partial charge in [0.1, 0.15) is 11.5 Å². The maximum atomic E-state index is 13.1. The van der Waals surface area contributed by atoms with Gasteiger partial charge >= 0.3 is 0 Å². The van der Waals surface area contributed by atoms with Crippen molar-refractivity contribution < 1.29 is 9.18 Å². The molecule has 5 nitrogen and oxygen atoms in total. The number of nitrogens with zero attached hydrogens (tertiary/aromatic N) is 3. The Balaban J connectivity index is 1.71. The molecule has 0 bridgehead atoms. The smallest absolute Gasteiger partial charge is 0.189 e. The van der Waals surface area contributed by atoms with Crippen LogP contribution in [-0.4, -0.2) is 33.9 Å². The molecule has 1 fully saturated rings. The van der Waals surface area contributed by atoms with Crippen molar-refractivity contribution in [1.82, 2.24) is 20.3 Å². The highest BCUT2D eigenvalue weighted by molar-refractivity contribution is 9.10.